The van der Waals surface area contributed by atoms with E-state index in [2.05, 4.69) is 10.1 Å². The fourth-order valence-electron chi connectivity index (χ4n) is 1.64. The van der Waals surface area contributed by atoms with Gasteiger partial charge in [0.25, 0.3) is 5.82 Å². The Labute approximate surface area is 86.9 Å². The highest BCUT2D eigenvalue weighted by molar-refractivity contribution is 5.82. The molecule has 1 saturated heterocycles. The Morgan fingerprint density at radius 3 is 3.13 bits per heavy atom. The molecule has 82 valence electrons. The lowest BCUT2D eigenvalue weighted by molar-refractivity contribution is 0.00383. The van der Waals surface area contributed by atoms with Gasteiger partial charge in [0.1, 0.15) is 6.33 Å². The number of aromatic nitrogens is 3. The van der Waals surface area contributed by atoms with Crippen molar-refractivity contribution in [2.75, 3.05) is 6.61 Å². The summed E-state index contributed by atoms with van der Waals surface area (Å²) in [6.45, 7) is 1.37. The molecule has 0 amide bonds. The minimum absolute atomic E-state index is 0.141. The van der Waals surface area contributed by atoms with Crippen molar-refractivity contribution >= 4 is 5.97 Å². The summed E-state index contributed by atoms with van der Waals surface area (Å²) in [5, 5.41) is 12.5. The molecular formula is C9H13N3O3. The Bertz CT molecular complexity index is 344. The van der Waals surface area contributed by atoms with Gasteiger partial charge >= 0.3 is 5.97 Å². The summed E-state index contributed by atoms with van der Waals surface area (Å²) >= 11 is 0. The van der Waals surface area contributed by atoms with Gasteiger partial charge in [-0.25, -0.2) is 14.5 Å². The largest absolute Gasteiger partial charge is 0.475 e. The van der Waals surface area contributed by atoms with Crippen LogP contribution in [0.25, 0.3) is 0 Å². The summed E-state index contributed by atoms with van der Waals surface area (Å²) in [6.07, 6.45) is 4.84. The van der Waals surface area contributed by atoms with Gasteiger partial charge in [-0.05, 0) is 19.3 Å². The van der Waals surface area contributed by atoms with Gasteiger partial charge in [0.15, 0.2) is 0 Å². The van der Waals surface area contributed by atoms with Crippen LogP contribution in [-0.4, -0.2) is 38.6 Å². The first kappa shape index (κ1) is 10.1. The molecule has 1 unspecified atom stereocenters. The van der Waals surface area contributed by atoms with Gasteiger partial charge < -0.3 is 9.84 Å². The minimum atomic E-state index is -1.10. The van der Waals surface area contributed by atoms with Crippen LogP contribution in [0.4, 0.5) is 0 Å². The summed E-state index contributed by atoms with van der Waals surface area (Å²) in [4.78, 5) is 14.2. The zero-order valence-corrected chi connectivity index (χ0v) is 8.30. The number of hydrogen-bond acceptors (Lipinski definition) is 4. The Morgan fingerprint density at radius 1 is 1.67 bits per heavy atom. The van der Waals surface area contributed by atoms with Gasteiger partial charge in [0.2, 0.25) is 0 Å². The maximum Gasteiger partial charge on any atom is 0.375 e. The SMILES string of the molecule is O=C(O)c1ncn(CC2CCCCO2)n1. The lowest BCUT2D eigenvalue weighted by Crippen LogP contribution is -2.24. The summed E-state index contributed by atoms with van der Waals surface area (Å²) < 4.78 is 7.04. The first-order valence-electron chi connectivity index (χ1n) is 5.00. The lowest BCUT2D eigenvalue weighted by Gasteiger charge is -2.21. The van der Waals surface area contributed by atoms with E-state index in [1.165, 1.54) is 11.0 Å². The highest BCUT2D eigenvalue weighted by atomic mass is 16.5. The third kappa shape index (κ3) is 2.53. The predicted molar refractivity (Wildman–Crippen MR) is 50.6 cm³/mol. The quantitative estimate of drug-likeness (QED) is 0.789. The third-order valence-electron chi connectivity index (χ3n) is 2.39. The fraction of sp³-hybridized carbons (Fsp3) is 0.667. The summed E-state index contributed by atoms with van der Waals surface area (Å²) in [7, 11) is 0. The molecule has 15 heavy (non-hydrogen) atoms. The second kappa shape index (κ2) is 4.39. The summed E-state index contributed by atoms with van der Waals surface area (Å²) in [5.74, 6) is -1.26. The molecule has 2 heterocycles. The fourth-order valence-corrected chi connectivity index (χ4v) is 1.64. The van der Waals surface area contributed by atoms with Crippen molar-refractivity contribution in [2.45, 2.75) is 31.9 Å². The van der Waals surface area contributed by atoms with Crippen LogP contribution < -0.4 is 0 Å². The zero-order valence-electron chi connectivity index (χ0n) is 8.30. The average Bonchev–Trinajstić information content (AvgIpc) is 2.68. The lowest BCUT2D eigenvalue weighted by atomic mass is 10.1. The molecule has 1 atom stereocenters. The second-order valence-corrected chi connectivity index (χ2v) is 3.58. The van der Waals surface area contributed by atoms with Crippen molar-refractivity contribution in [2.24, 2.45) is 0 Å². The van der Waals surface area contributed by atoms with Crippen molar-refractivity contribution < 1.29 is 14.6 Å². The van der Waals surface area contributed by atoms with Gasteiger partial charge in [0.05, 0.1) is 12.6 Å². The number of rotatable bonds is 3. The van der Waals surface area contributed by atoms with Crippen molar-refractivity contribution in [3.8, 4) is 0 Å². The molecule has 6 nitrogen and oxygen atoms in total. The van der Waals surface area contributed by atoms with Gasteiger partial charge in [-0.1, -0.05) is 0 Å². The molecule has 0 aliphatic carbocycles. The Hall–Kier alpha value is -1.43. The number of carboxylic acid groups (broad SMARTS) is 1. The van der Waals surface area contributed by atoms with Gasteiger partial charge in [-0.2, -0.15) is 0 Å². The van der Waals surface area contributed by atoms with Crippen LogP contribution in [0.15, 0.2) is 6.33 Å². The topological polar surface area (TPSA) is 77.2 Å². The first-order valence-corrected chi connectivity index (χ1v) is 5.00. The molecule has 0 spiro atoms. The maximum atomic E-state index is 10.5. The van der Waals surface area contributed by atoms with Crippen LogP contribution in [0.3, 0.4) is 0 Å². The number of carbonyl (C=O) groups is 1. The zero-order chi connectivity index (χ0) is 10.7. The summed E-state index contributed by atoms with van der Waals surface area (Å²) in [6, 6.07) is 0. The van der Waals surface area contributed by atoms with Crippen LogP contribution >= 0.6 is 0 Å². The smallest absolute Gasteiger partial charge is 0.375 e. The number of hydrogen-bond donors (Lipinski definition) is 1. The molecule has 0 bridgehead atoms. The Kier molecular flexibility index (Phi) is 2.96. The molecule has 0 aromatic carbocycles. The maximum absolute atomic E-state index is 10.5. The molecule has 1 N–H and O–H groups in total. The number of carboxylic acids is 1. The van der Waals surface area contributed by atoms with Crippen LogP contribution in [-0.2, 0) is 11.3 Å². The molecule has 0 saturated carbocycles. The monoisotopic (exact) mass is 211 g/mol. The number of aromatic carboxylic acids is 1. The number of nitrogens with zero attached hydrogens (tertiary/aromatic N) is 3. The van der Waals surface area contributed by atoms with Crippen LogP contribution in [0.5, 0.6) is 0 Å². The molecule has 1 aliphatic heterocycles. The van der Waals surface area contributed by atoms with E-state index < -0.39 is 5.97 Å². The Balaban J connectivity index is 1.94. The molecule has 1 aliphatic rings. The van der Waals surface area contributed by atoms with E-state index in [1.54, 1.807) is 0 Å². The predicted octanol–water partition coefficient (Wildman–Crippen LogP) is 0.545. The molecule has 1 aromatic rings. The van der Waals surface area contributed by atoms with E-state index in [-0.39, 0.29) is 11.9 Å². The van der Waals surface area contributed by atoms with E-state index in [0.29, 0.717) is 6.54 Å². The van der Waals surface area contributed by atoms with Crippen LogP contribution in [0, 0.1) is 0 Å². The molecular weight excluding hydrogens is 198 g/mol. The highest BCUT2D eigenvalue weighted by Gasteiger charge is 2.16. The summed E-state index contributed by atoms with van der Waals surface area (Å²) in [5.41, 5.74) is 0. The minimum Gasteiger partial charge on any atom is -0.475 e. The van der Waals surface area contributed by atoms with Crippen molar-refractivity contribution in [1.29, 1.82) is 0 Å². The molecule has 2 rings (SSSR count). The van der Waals surface area contributed by atoms with E-state index in [1.807, 2.05) is 0 Å². The molecule has 1 aromatic heterocycles. The Morgan fingerprint density at radius 2 is 2.53 bits per heavy atom. The van der Waals surface area contributed by atoms with Crippen molar-refractivity contribution in [3.05, 3.63) is 12.2 Å². The molecule has 6 heteroatoms. The van der Waals surface area contributed by atoms with Gasteiger partial charge in [-0.15, -0.1) is 5.10 Å². The average molecular weight is 211 g/mol. The van der Waals surface area contributed by atoms with Crippen LogP contribution in [0.2, 0.25) is 0 Å². The molecule has 1 fully saturated rings. The van der Waals surface area contributed by atoms with E-state index >= 15 is 0 Å². The van der Waals surface area contributed by atoms with E-state index in [9.17, 15) is 4.79 Å². The second-order valence-electron chi connectivity index (χ2n) is 3.58. The highest BCUT2D eigenvalue weighted by Crippen LogP contribution is 2.13. The van der Waals surface area contributed by atoms with Crippen molar-refractivity contribution in [1.82, 2.24) is 14.8 Å². The van der Waals surface area contributed by atoms with Gasteiger partial charge in [-0.3, -0.25) is 0 Å². The third-order valence-corrected chi connectivity index (χ3v) is 2.39. The standard InChI is InChI=1S/C9H13N3O3/c13-9(14)8-10-6-12(11-8)5-7-3-1-2-4-15-7/h6-7H,1-5H2,(H,13,14). The first-order chi connectivity index (χ1) is 7.25. The van der Waals surface area contributed by atoms with Gasteiger partial charge in [0, 0.05) is 6.61 Å². The number of ether oxygens (including phenoxy) is 1. The van der Waals surface area contributed by atoms with Crippen molar-refractivity contribution in [3.63, 3.8) is 0 Å². The van der Waals surface area contributed by atoms with Crippen LogP contribution in [0.1, 0.15) is 29.9 Å². The van der Waals surface area contributed by atoms with E-state index in [0.717, 1.165) is 25.9 Å². The normalized spacial score (nSPS) is 21.5. The van der Waals surface area contributed by atoms with E-state index in [4.69, 9.17) is 9.84 Å². The molecule has 0 radical (unpaired) electrons.